The number of benzene rings is 2. The molecule has 0 amide bonds. The quantitative estimate of drug-likeness (QED) is 0.414. The van der Waals surface area contributed by atoms with Crippen LogP contribution < -0.4 is 0 Å². The van der Waals surface area contributed by atoms with Crippen LogP contribution in [-0.2, 0) is 13.1 Å². The summed E-state index contributed by atoms with van der Waals surface area (Å²) in [6.07, 6.45) is 4.40. The number of rotatable bonds is 4. The summed E-state index contributed by atoms with van der Waals surface area (Å²) in [6.45, 7) is 3.94. The Kier molecular flexibility index (Phi) is 4.71. The van der Waals surface area contributed by atoms with E-state index in [1.165, 1.54) is 24.0 Å². The Morgan fingerprint density at radius 1 is 0.964 bits per heavy atom. The molecule has 2 aromatic carbocycles. The maximum absolute atomic E-state index is 6.48. The van der Waals surface area contributed by atoms with Gasteiger partial charge in [-0.2, -0.15) is 0 Å². The lowest BCUT2D eigenvalue weighted by Gasteiger charge is -2.16. The summed E-state index contributed by atoms with van der Waals surface area (Å²) >= 11 is 12.9. The smallest absolute Gasteiger partial charge is 0.157 e. The zero-order valence-electron chi connectivity index (χ0n) is 15.4. The van der Waals surface area contributed by atoms with Gasteiger partial charge in [0, 0.05) is 23.5 Å². The van der Waals surface area contributed by atoms with Crippen molar-refractivity contribution in [3.63, 3.8) is 0 Å². The zero-order valence-corrected chi connectivity index (χ0v) is 16.9. The van der Waals surface area contributed by atoms with Crippen molar-refractivity contribution in [3.8, 4) is 0 Å². The Morgan fingerprint density at radius 3 is 2.64 bits per heavy atom. The Hall–Kier alpha value is -2.14. The van der Waals surface area contributed by atoms with Crippen molar-refractivity contribution in [2.75, 3.05) is 13.1 Å². The van der Waals surface area contributed by atoms with Gasteiger partial charge in [0.15, 0.2) is 5.15 Å². The Bertz CT molecular complexity index is 1160. The molecule has 0 bridgehead atoms. The maximum Gasteiger partial charge on any atom is 0.157 e. The van der Waals surface area contributed by atoms with Gasteiger partial charge in [-0.1, -0.05) is 53.5 Å². The molecule has 142 valence electrons. The Balaban J connectivity index is 1.53. The number of fused-ring (bicyclic) bond motifs is 3. The van der Waals surface area contributed by atoms with Gasteiger partial charge in [-0.15, -0.1) is 0 Å². The van der Waals surface area contributed by atoms with Crippen molar-refractivity contribution in [2.24, 2.45) is 0 Å². The lowest BCUT2D eigenvalue weighted by molar-refractivity contribution is 0.331. The lowest BCUT2D eigenvalue weighted by Crippen LogP contribution is -2.18. The van der Waals surface area contributed by atoms with Gasteiger partial charge < -0.3 is 4.57 Å². The first-order valence-electron chi connectivity index (χ1n) is 9.58. The summed E-state index contributed by atoms with van der Waals surface area (Å²) in [5, 5.41) is 2.34. The second kappa shape index (κ2) is 7.36. The highest BCUT2D eigenvalue weighted by molar-refractivity contribution is 6.35. The molecule has 0 saturated carbocycles. The summed E-state index contributed by atoms with van der Waals surface area (Å²) in [4.78, 5) is 11.5. The molecule has 1 aliphatic rings. The average Bonchev–Trinajstić information content (AvgIpc) is 3.35. The average molecular weight is 411 g/mol. The normalized spacial score (nSPS) is 15.1. The predicted molar refractivity (Wildman–Crippen MR) is 115 cm³/mol. The molecular weight excluding hydrogens is 391 g/mol. The molecule has 4 nitrogen and oxygen atoms in total. The fourth-order valence-corrected chi connectivity index (χ4v) is 4.50. The molecular formula is C22H20Cl2N4. The molecule has 0 unspecified atom stereocenters. The minimum Gasteiger partial charge on any atom is -0.325 e. The van der Waals surface area contributed by atoms with Gasteiger partial charge in [0.2, 0.25) is 0 Å². The lowest BCUT2D eigenvalue weighted by atomic mass is 10.1. The fraction of sp³-hybridized carbons (Fsp3) is 0.273. The van der Waals surface area contributed by atoms with Crippen LogP contribution in [0.15, 0.2) is 48.8 Å². The molecule has 1 fully saturated rings. The Morgan fingerprint density at radius 2 is 1.79 bits per heavy atom. The van der Waals surface area contributed by atoms with Crippen LogP contribution in [-0.4, -0.2) is 32.5 Å². The number of likely N-dealkylation sites (tertiary alicyclic amines) is 1. The minimum absolute atomic E-state index is 0.443. The highest BCUT2D eigenvalue weighted by Gasteiger charge is 2.15. The highest BCUT2D eigenvalue weighted by Crippen LogP contribution is 2.29. The van der Waals surface area contributed by atoms with Gasteiger partial charge in [0.1, 0.15) is 5.52 Å². The van der Waals surface area contributed by atoms with Crippen LogP contribution in [0.2, 0.25) is 10.2 Å². The van der Waals surface area contributed by atoms with E-state index in [2.05, 4.69) is 37.6 Å². The molecule has 0 atom stereocenters. The summed E-state index contributed by atoms with van der Waals surface area (Å²) in [5.41, 5.74) is 5.04. The first-order chi connectivity index (χ1) is 13.7. The van der Waals surface area contributed by atoms with E-state index in [4.69, 9.17) is 23.2 Å². The third-order valence-electron chi connectivity index (χ3n) is 5.47. The number of nitrogens with zero attached hydrogens (tertiary/aromatic N) is 4. The van der Waals surface area contributed by atoms with Crippen LogP contribution in [0.5, 0.6) is 0 Å². The van der Waals surface area contributed by atoms with Gasteiger partial charge in [-0.25, -0.2) is 9.97 Å². The van der Waals surface area contributed by atoms with Crippen molar-refractivity contribution in [3.05, 3.63) is 70.1 Å². The van der Waals surface area contributed by atoms with Gasteiger partial charge in [-0.05, 0) is 49.2 Å². The molecule has 0 spiro atoms. The molecule has 6 heteroatoms. The molecule has 1 saturated heterocycles. The van der Waals surface area contributed by atoms with E-state index in [-0.39, 0.29) is 0 Å². The maximum atomic E-state index is 6.48. The third-order valence-corrected chi connectivity index (χ3v) is 6.10. The molecule has 2 aromatic heterocycles. The topological polar surface area (TPSA) is 34.0 Å². The number of pyridine rings is 1. The predicted octanol–water partition coefficient (Wildman–Crippen LogP) is 5.54. The standard InChI is InChI=1S/C22H20Cl2N4/c23-18-8-7-15(11-16(18)13-27-9-3-4-10-27)12-28-14-25-20-21(28)17-5-1-2-6-19(17)26-22(20)24/h1-2,5-8,11,14H,3-4,9-10,12-13H2. The molecule has 5 rings (SSSR count). The SMILES string of the molecule is Clc1ccc(Cn2cnc3c(Cl)nc4ccccc4c32)cc1CN1CCCC1. The van der Waals surface area contributed by atoms with Crippen LogP contribution in [0.3, 0.4) is 0 Å². The van der Waals surface area contributed by atoms with Crippen molar-refractivity contribution < 1.29 is 0 Å². The number of hydrogen-bond donors (Lipinski definition) is 0. The van der Waals surface area contributed by atoms with E-state index in [1.807, 2.05) is 30.6 Å². The number of imidazole rings is 1. The molecule has 1 aliphatic heterocycles. The second-order valence-electron chi connectivity index (χ2n) is 7.40. The molecule has 4 aromatic rings. The van der Waals surface area contributed by atoms with Crippen LogP contribution in [0.1, 0.15) is 24.0 Å². The number of aromatic nitrogens is 3. The van der Waals surface area contributed by atoms with Crippen LogP contribution in [0, 0.1) is 0 Å². The van der Waals surface area contributed by atoms with E-state index < -0.39 is 0 Å². The van der Waals surface area contributed by atoms with Crippen molar-refractivity contribution in [1.29, 1.82) is 0 Å². The minimum atomic E-state index is 0.443. The Labute approximate surface area is 173 Å². The van der Waals surface area contributed by atoms with Crippen molar-refractivity contribution >= 4 is 45.1 Å². The molecule has 0 N–H and O–H groups in total. The van der Waals surface area contributed by atoms with Gasteiger partial charge >= 0.3 is 0 Å². The monoisotopic (exact) mass is 410 g/mol. The van der Waals surface area contributed by atoms with Crippen LogP contribution >= 0.6 is 23.2 Å². The van der Waals surface area contributed by atoms with Gasteiger partial charge in [0.25, 0.3) is 0 Å². The molecule has 0 aliphatic carbocycles. The summed E-state index contributed by atoms with van der Waals surface area (Å²) < 4.78 is 2.15. The summed E-state index contributed by atoms with van der Waals surface area (Å²) in [7, 11) is 0. The molecule has 3 heterocycles. The zero-order chi connectivity index (χ0) is 19.1. The van der Waals surface area contributed by atoms with Crippen molar-refractivity contribution in [2.45, 2.75) is 25.9 Å². The van der Waals surface area contributed by atoms with E-state index in [0.29, 0.717) is 11.7 Å². The fourth-order valence-electron chi connectivity index (χ4n) is 4.09. The van der Waals surface area contributed by atoms with E-state index in [1.54, 1.807) is 0 Å². The number of para-hydroxylation sites is 1. The van der Waals surface area contributed by atoms with Gasteiger partial charge in [-0.3, -0.25) is 4.90 Å². The molecule has 0 radical (unpaired) electrons. The van der Waals surface area contributed by atoms with E-state index in [9.17, 15) is 0 Å². The highest BCUT2D eigenvalue weighted by atomic mass is 35.5. The van der Waals surface area contributed by atoms with Gasteiger partial charge in [0.05, 0.1) is 17.4 Å². The van der Waals surface area contributed by atoms with E-state index >= 15 is 0 Å². The van der Waals surface area contributed by atoms with Crippen LogP contribution in [0.4, 0.5) is 0 Å². The second-order valence-corrected chi connectivity index (χ2v) is 8.16. The number of halogens is 2. The third kappa shape index (κ3) is 3.26. The first kappa shape index (κ1) is 17.9. The van der Waals surface area contributed by atoms with Crippen LogP contribution in [0.25, 0.3) is 21.9 Å². The summed E-state index contributed by atoms with van der Waals surface area (Å²) in [6, 6.07) is 14.4. The summed E-state index contributed by atoms with van der Waals surface area (Å²) in [5.74, 6) is 0. The largest absolute Gasteiger partial charge is 0.325 e. The number of hydrogen-bond acceptors (Lipinski definition) is 3. The van der Waals surface area contributed by atoms with Crippen molar-refractivity contribution in [1.82, 2.24) is 19.4 Å². The molecule has 28 heavy (non-hydrogen) atoms. The van der Waals surface area contributed by atoms with E-state index in [0.717, 1.165) is 46.6 Å². The first-order valence-corrected chi connectivity index (χ1v) is 10.3.